The lowest BCUT2D eigenvalue weighted by molar-refractivity contribution is -0.218. The van der Waals surface area contributed by atoms with E-state index in [9.17, 15) is 63.9 Å². The third-order valence-electron chi connectivity index (χ3n) is 15.9. The van der Waals surface area contributed by atoms with Gasteiger partial charge in [0.25, 0.3) is 17.2 Å². The number of aliphatic hydroxyl groups excluding tert-OH is 4. The molecule has 36 heteroatoms. The van der Waals surface area contributed by atoms with Crippen molar-refractivity contribution in [2.75, 3.05) is 45.6 Å². The summed E-state index contributed by atoms with van der Waals surface area (Å²) in [6, 6.07) is 9.36. The van der Waals surface area contributed by atoms with Gasteiger partial charge in [-0.05, 0) is 80.0 Å². The fourth-order valence-electron chi connectivity index (χ4n) is 11.0. The van der Waals surface area contributed by atoms with Gasteiger partial charge in [0.2, 0.25) is 0 Å². The molecule has 520 valence electrons. The highest BCUT2D eigenvalue weighted by Crippen LogP contribution is 2.38. The molecule has 13 atom stereocenters. The number of hydrogen-bond donors (Lipinski definition) is 15. The number of guanidine groups is 1. The minimum Gasteiger partial charge on any atom is -0.508 e. The molecule has 10 unspecified atom stereocenters. The first-order chi connectivity index (χ1) is 44.9. The zero-order valence-corrected chi connectivity index (χ0v) is 52.5. The smallest absolute Gasteiger partial charge is 0.386 e. The fraction of sp³-hybridized carbons (Fsp3) is 0.525. The molecular weight excluding hydrogens is 1250 g/mol. The molecule has 0 saturated carbocycles. The standard InChI is InChI=1S/C59H83N15O21/c1-29(2)25-58(67,52(84)93-57(66,19-10-20-69-55(64)65)53(85)94-71-73-21-8-15-38(73)49(81)88-30(3)60)91-50(82)39-16-9-22-74(39)95-48(80)37(61)23-32-17-18-33(77)24-40(32)90-54(86)59(28-76,68-4)92-51(83)43(62)42(35-14-7-12-31-11-5-6-13-34(31)35)36-26-72(56(87)70-46(36)63)47-45(79)44(78)41(27-75)89-47/h5-7,11-14,17-18,24,26,29-30,37-39,41-45,47,68,71,75-79H,8-10,15-16,19-23,25,27-28,60-62,66-67H2,1-4H3,(H2,63,70,87)(H4,64,65,69)/t30?,37?,38?,39?,41-,42?,43?,44-,45-,47?,57?,58?,59?/m1/s1. The van der Waals surface area contributed by atoms with E-state index in [4.69, 9.17) is 84.0 Å². The number of esters is 5. The van der Waals surface area contributed by atoms with Gasteiger partial charge in [-0.1, -0.05) is 68.0 Å². The molecule has 7 rings (SSSR count). The van der Waals surface area contributed by atoms with Crippen molar-refractivity contribution in [3.8, 4) is 11.5 Å². The molecule has 4 aromatic rings. The van der Waals surface area contributed by atoms with Gasteiger partial charge in [0.1, 0.15) is 72.6 Å². The number of fused-ring (bicyclic) bond motifs is 1. The highest BCUT2D eigenvalue weighted by Gasteiger charge is 2.52. The number of phenols is 1. The Labute approximate surface area is 542 Å². The van der Waals surface area contributed by atoms with Crippen molar-refractivity contribution in [1.82, 2.24) is 30.5 Å². The Hall–Kier alpha value is -8.60. The van der Waals surface area contributed by atoms with E-state index >= 15 is 0 Å². The Balaban J connectivity index is 1.05. The lowest BCUT2D eigenvalue weighted by atomic mass is 9.83. The maximum atomic E-state index is 14.6. The molecule has 95 heavy (non-hydrogen) atoms. The van der Waals surface area contributed by atoms with Gasteiger partial charge in [0.05, 0.1) is 6.61 Å². The van der Waals surface area contributed by atoms with Gasteiger partial charge < -0.3 is 92.3 Å². The average molecular weight is 1340 g/mol. The second-order valence-electron chi connectivity index (χ2n) is 23.5. The van der Waals surface area contributed by atoms with Crippen molar-refractivity contribution in [2.24, 2.45) is 51.0 Å². The van der Waals surface area contributed by atoms with E-state index in [1.807, 2.05) is 0 Å². The van der Waals surface area contributed by atoms with Gasteiger partial charge in [0.15, 0.2) is 12.2 Å². The van der Waals surface area contributed by atoms with Gasteiger partial charge in [-0.15, -0.1) is 5.06 Å². The first-order valence-electron chi connectivity index (χ1n) is 30.2. The third kappa shape index (κ3) is 17.5. The van der Waals surface area contributed by atoms with Crippen LogP contribution in [-0.4, -0.2) is 199 Å². The van der Waals surface area contributed by atoms with E-state index in [0.717, 1.165) is 35.0 Å². The number of ether oxygens (including phenoxy) is 6. The molecule has 0 radical (unpaired) electrons. The predicted octanol–water partition coefficient (Wildman–Crippen LogP) is -4.62. The summed E-state index contributed by atoms with van der Waals surface area (Å²) in [5.74, 6) is -12.4. The van der Waals surface area contributed by atoms with Gasteiger partial charge in [0, 0.05) is 62.6 Å². The van der Waals surface area contributed by atoms with Crippen LogP contribution in [-0.2, 0) is 73.3 Å². The molecule has 23 N–H and O–H groups in total. The normalized spacial score (nSPS) is 22.2. The minimum absolute atomic E-state index is 0.0126. The number of likely N-dealkylation sites (N-methyl/N-ethyl adjacent to an activating group) is 1. The third-order valence-corrected chi connectivity index (χ3v) is 15.9. The number of aliphatic hydroxyl groups is 4. The number of nitrogens with one attached hydrogen (secondary N) is 2. The zero-order chi connectivity index (χ0) is 69.9. The molecule has 4 heterocycles. The molecule has 0 amide bonds. The maximum Gasteiger partial charge on any atom is 0.386 e. The molecule has 3 aliphatic heterocycles. The second-order valence-corrected chi connectivity index (χ2v) is 23.5. The van der Waals surface area contributed by atoms with Crippen molar-refractivity contribution in [2.45, 2.75) is 150 Å². The van der Waals surface area contributed by atoms with E-state index < -0.39 is 181 Å². The number of anilines is 1. The van der Waals surface area contributed by atoms with Crippen LogP contribution < -0.4 is 67.2 Å². The quantitative estimate of drug-likeness (QED) is 0.00341. The number of hydrazine groups is 1. The number of hydroxylamine groups is 2. The number of nitrogen functional groups attached to an aromatic ring is 1. The number of aromatic nitrogens is 2. The lowest BCUT2D eigenvalue weighted by Crippen LogP contribution is -2.62. The molecule has 36 nitrogen and oxygen atoms in total. The summed E-state index contributed by atoms with van der Waals surface area (Å²) in [6.45, 7) is 2.70. The highest BCUT2D eigenvalue weighted by atomic mass is 16.7. The lowest BCUT2D eigenvalue weighted by Gasteiger charge is -2.35. The monoisotopic (exact) mass is 1340 g/mol. The number of benzene rings is 3. The van der Waals surface area contributed by atoms with E-state index in [1.165, 1.54) is 18.0 Å². The number of carbonyl (C=O) groups excluding carboxylic acids is 7. The van der Waals surface area contributed by atoms with Crippen molar-refractivity contribution < 1.29 is 97.2 Å². The molecule has 1 aromatic heterocycles. The van der Waals surface area contributed by atoms with Crippen molar-refractivity contribution >= 4 is 64.3 Å². The van der Waals surface area contributed by atoms with Gasteiger partial charge >= 0.3 is 47.5 Å². The number of aromatic hydroxyl groups is 1. The van der Waals surface area contributed by atoms with E-state index in [1.54, 1.807) is 56.3 Å². The van der Waals surface area contributed by atoms with Crippen molar-refractivity contribution in [3.05, 3.63) is 94.0 Å². The largest absolute Gasteiger partial charge is 0.508 e. The topological polar surface area (TPSA) is 580 Å². The number of carbonyl (C=O) groups is 7. The van der Waals surface area contributed by atoms with E-state index in [0.29, 0.717) is 29.2 Å². The summed E-state index contributed by atoms with van der Waals surface area (Å²) in [7, 11) is 1.12. The molecule has 3 saturated heterocycles. The second kappa shape index (κ2) is 31.8. The average Bonchev–Trinajstić information content (AvgIpc) is 1.55. The van der Waals surface area contributed by atoms with Crippen LogP contribution >= 0.6 is 0 Å². The maximum absolute atomic E-state index is 14.6. The number of hydrogen-bond acceptors (Lipinski definition) is 33. The number of aliphatic imine (C=N–C) groups is 1. The van der Waals surface area contributed by atoms with Crippen LogP contribution in [0, 0.1) is 5.92 Å². The number of nitrogens with two attached hydrogens (primary N) is 8. The predicted molar refractivity (Wildman–Crippen MR) is 330 cm³/mol. The SMILES string of the molecule is CNC(CO)(OC(=O)C(N)C(c1cn(C2O[C@H](CO)[C@@H](O)[C@H]2O)c(=O)nc1N)c1cccc2ccccc12)C(=O)Oc1cc(O)ccc1CC(N)C(=O)ON1CCCC1C(=O)OC(N)(CC(C)C)C(=O)OC(N)(CCCN=C(N)N)C(=O)ONN1CCCC1C(=O)OC(C)N. The van der Waals surface area contributed by atoms with Crippen molar-refractivity contribution in [3.63, 3.8) is 0 Å². The number of phenolic OH excluding ortho intramolecular Hbond substituents is 1. The van der Waals surface area contributed by atoms with Crippen LogP contribution in [0.1, 0.15) is 94.6 Å². The Morgan fingerprint density at radius 2 is 1.53 bits per heavy atom. The van der Waals surface area contributed by atoms with E-state index in [2.05, 4.69) is 20.9 Å². The van der Waals surface area contributed by atoms with Crippen LogP contribution in [0.4, 0.5) is 5.82 Å². The van der Waals surface area contributed by atoms with Crippen molar-refractivity contribution in [1.29, 1.82) is 0 Å². The Kier molecular flexibility index (Phi) is 24.7. The Morgan fingerprint density at radius 1 is 0.832 bits per heavy atom. The number of nitrogens with zero attached hydrogens (tertiary/aromatic N) is 5. The zero-order valence-electron chi connectivity index (χ0n) is 52.5. The van der Waals surface area contributed by atoms with Crippen LogP contribution in [0.5, 0.6) is 11.5 Å². The van der Waals surface area contributed by atoms with Gasteiger partial charge in [-0.2, -0.15) is 9.99 Å². The molecule has 0 aliphatic carbocycles. The summed E-state index contributed by atoms with van der Waals surface area (Å²) in [5.41, 5.74) is 42.6. The van der Waals surface area contributed by atoms with Gasteiger partial charge in [-0.3, -0.25) is 46.5 Å². The summed E-state index contributed by atoms with van der Waals surface area (Å²) in [4.78, 5) is 130. The summed E-state index contributed by atoms with van der Waals surface area (Å²) < 4.78 is 34.2. The van der Waals surface area contributed by atoms with E-state index in [-0.39, 0.29) is 56.0 Å². The number of rotatable bonds is 30. The highest BCUT2D eigenvalue weighted by molar-refractivity contribution is 5.91. The fourth-order valence-corrected chi connectivity index (χ4v) is 11.0. The summed E-state index contributed by atoms with van der Waals surface area (Å²) in [6.07, 6.45) is -6.62. The molecule has 0 bridgehead atoms. The summed E-state index contributed by atoms with van der Waals surface area (Å²) >= 11 is 0. The first kappa shape index (κ1) is 73.8. The van der Waals surface area contributed by atoms with Gasteiger partial charge in [-0.25, -0.2) is 24.0 Å². The van der Waals surface area contributed by atoms with Crippen LogP contribution in [0.3, 0.4) is 0 Å². The Bertz CT molecular complexity index is 3510. The first-order valence-corrected chi connectivity index (χ1v) is 30.2. The minimum atomic E-state index is -2.79. The molecule has 3 fully saturated rings. The van der Waals surface area contributed by atoms with Crippen LogP contribution in [0.25, 0.3) is 10.8 Å². The molecule has 3 aromatic carbocycles. The van der Waals surface area contributed by atoms with Crippen LogP contribution in [0.2, 0.25) is 0 Å². The van der Waals surface area contributed by atoms with Crippen LogP contribution in [0.15, 0.2) is 76.6 Å². The molecular formula is C59H83N15O21. The Morgan fingerprint density at radius 3 is 2.19 bits per heavy atom. The molecule has 3 aliphatic rings. The summed E-state index contributed by atoms with van der Waals surface area (Å²) in [5, 5.41) is 58.6. The molecule has 0 spiro atoms.